The summed E-state index contributed by atoms with van der Waals surface area (Å²) in [6, 6.07) is 5.24. The number of fused-ring (bicyclic) bond motifs is 1. The van der Waals surface area contributed by atoms with Crippen molar-refractivity contribution in [2.45, 2.75) is 68.7 Å². The van der Waals surface area contributed by atoms with E-state index in [1.54, 1.807) is 6.07 Å². The molecule has 2 heterocycles. The summed E-state index contributed by atoms with van der Waals surface area (Å²) in [6.07, 6.45) is 7.92. The summed E-state index contributed by atoms with van der Waals surface area (Å²) in [7, 11) is -3.55. The third-order valence-corrected chi connectivity index (χ3v) is 10.0. The molecule has 33 heavy (non-hydrogen) atoms. The first-order valence-corrected chi connectivity index (χ1v) is 13.7. The predicted molar refractivity (Wildman–Crippen MR) is 124 cm³/mol. The van der Waals surface area contributed by atoms with E-state index in [1.165, 1.54) is 21.2 Å². The molecule has 5 rings (SSSR count). The first-order chi connectivity index (χ1) is 15.8. The summed E-state index contributed by atoms with van der Waals surface area (Å²) in [5.74, 6) is 0.00937. The second kappa shape index (κ2) is 8.67. The Hall–Kier alpha value is -1.97. The third kappa shape index (κ3) is 3.98. The van der Waals surface area contributed by atoms with Crippen molar-refractivity contribution in [2.24, 2.45) is 5.92 Å². The Labute approximate surface area is 196 Å². The number of piperazine rings is 1. The molecule has 2 aliphatic heterocycles. The van der Waals surface area contributed by atoms with E-state index in [0.29, 0.717) is 37.5 Å². The molecule has 2 atom stereocenters. The number of aryl methyl sites for hydroxylation is 2. The molecule has 3 amide bonds. The maximum atomic E-state index is 13.2. The molecule has 0 aromatic heterocycles. The fourth-order valence-corrected chi connectivity index (χ4v) is 7.43. The van der Waals surface area contributed by atoms with Gasteiger partial charge < -0.3 is 5.32 Å². The minimum atomic E-state index is -3.55. The number of amides is 3. The van der Waals surface area contributed by atoms with Crippen molar-refractivity contribution < 1.29 is 18.0 Å². The van der Waals surface area contributed by atoms with E-state index in [2.05, 4.69) is 5.32 Å². The summed E-state index contributed by atoms with van der Waals surface area (Å²) < 4.78 is 28.0. The van der Waals surface area contributed by atoms with E-state index in [1.807, 2.05) is 24.0 Å². The molecule has 1 saturated carbocycles. The number of carbonyl (C=O) groups is 2. The first-order valence-electron chi connectivity index (χ1n) is 12.3. The van der Waals surface area contributed by atoms with Crippen LogP contribution in [0.2, 0.25) is 0 Å². The van der Waals surface area contributed by atoms with Crippen LogP contribution in [0, 0.1) is 5.92 Å². The van der Waals surface area contributed by atoms with Crippen LogP contribution in [-0.4, -0.2) is 72.8 Å². The fourth-order valence-electron chi connectivity index (χ4n) is 5.95. The van der Waals surface area contributed by atoms with Crippen LogP contribution >= 0.6 is 0 Å². The summed E-state index contributed by atoms with van der Waals surface area (Å²) in [5.41, 5.74) is 1.67. The lowest BCUT2D eigenvalue weighted by molar-refractivity contribution is -0.135. The Balaban J connectivity index is 1.22. The van der Waals surface area contributed by atoms with Crippen molar-refractivity contribution in [3.8, 4) is 0 Å². The van der Waals surface area contributed by atoms with E-state index < -0.39 is 15.6 Å². The molecule has 1 aromatic rings. The van der Waals surface area contributed by atoms with Crippen molar-refractivity contribution >= 4 is 22.0 Å². The third-order valence-electron chi connectivity index (χ3n) is 8.13. The SMILES string of the molecule is C[C@H]1CCCC[C@]12NC(=O)N(CN1CCN(S(=O)(=O)c3ccc4c(c3)CCCC4)CC1)C2=O. The van der Waals surface area contributed by atoms with Gasteiger partial charge in [-0.3, -0.25) is 9.69 Å². The summed E-state index contributed by atoms with van der Waals surface area (Å²) in [4.78, 5) is 29.6. The fraction of sp³-hybridized carbons (Fsp3) is 0.667. The van der Waals surface area contributed by atoms with Gasteiger partial charge in [0.05, 0.1) is 11.6 Å². The van der Waals surface area contributed by atoms with Crippen LogP contribution in [0.5, 0.6) is 0 Å². The van der Waals surface area contributed by atoms with E-state index in [4.69, 9.17) is 0 Å². The largest absolute Gasteiger partial charge is 0.326 e. The number of carbonyl (C=O) groups excluding carboxylic acids is 2. The Kier molecular flexibility index (Phi) is 5.99. The van der Waals surface area contributed by atoms with Crippen LogP contribution in [-0.2, 0) is 27.7 Å². The maximum Gasteiger partial charge on any atom is 0.326 e. The van der Waals surface area contributed by atoms with Crippen molar-refractivity contribution in [3.63, 3.8) is 0 Å². The average Bonchev–Trinajstić information content (AvgIpc) is 3.06. The van der Waals surface area contributed by atoms with Gasteiger partial charge >= 0.3 is 6.03 Å². The number of hydrogen-bond acceptors (Lipinski definition) is 5. The maximum absolute atomic E-state index is 13.2. The van der Waals surface area contributed by atoms with Gasteiger partial charge in [-0.2, -0.15) is 4.31 Å². The van der Waals surface area contributed by atoms with Gasteiger partial charge in [-0.25, -0.2) is 18.1 Å². The van der Waals surface area contributed by atoms with E-state index >= 15 is 0 Å². The van der Waals surface area contributed by atoms with Gasteiger partial charge in [0.15, 0.2) is 0 Å². The minimum absolute atomic E-state index is 0.121. The van der Waals surface area contributed by atoms with Crippen molar-refractivity contribution in [1.29, 1.82) is 0 Å². The second-order valence-corrected chi connectivity index (χ2v) is 12.0. The van der Waals surface area contributed by atoms with Gasteiger partial charge in [0.25, 0.3) is 5.91 Å². The quantitative estimate of drug-likeness (QED) is 0.677. The average molecular weight is 475 g/mol. The summed E-state index contributed by atoms with van der Waals surface area (Å²) in [5, 5.41) is 2.99. The number of nitrogens with one attached hydrogen (secondary N) is 1. The molecule has 180 valence electrons. The number of hydrogen-bond donors (Lipinski definition) is 1. The zero-order valence-electron chi connectivity index (χ0n) is 19.4. The van der Waals surface area contributed by atoms with E-state index in [-0.39, 0.29) is 24.5 Å². The molecule has 2 saturated heterocycles. The lowest BCUT2D eigenvalue weighted by Crippen LogP contribution is -2.55. The van der Waals surface area contributed by atoms with Crippen LogP contribution in [0.3, 0.4) is 0 Å². The van der Waals surface area contributed by atoms with Crippen LogP contribution in [0.15, 0.2) is 23.1 Å². The lowest BCUT2D eigenvalue weighted by Gasteiger charge is -2.38. The van der Waals surface area contributed by atoms with Crippen LogP contribution in [0.4, 0.5) is 4.79 Å². The summed E-state index contributed by atoms with van der Waals surface area (Å²) in [6.45, 7) is 3.94. The van der Waals surface area contributed by atoms with E-state index in [9.17, 15) is 18.0 Å². The molecule has 3 fully saturated rings. The molecule has 0 radical (unpaired) electrons. The highest BCUT2D eigenvalue weighted by molar-refractivity contribution is 7.89. The number of sulfonamides is 1. The van der Waals surface area contributed by atoms with Crippen molar-refractivity contribution in [2.75, 3.05) is 32.8 Å². The van der Waals surface area contributed by atoms with Crippen LogP contribution in [0.25, 0.3) is 0 Å². The zero-order chi connectivity index (χ0) is 23.2. The normalized spacial score (nSPS) is 29.4. The predicted octanol–water partition coefficient (Wildman–Crippen LogP) is 2.33. The first kappa shape index (κ1) is 22.8. The number of urea groups is 1. The van der Waals surface area contributed by atoms with Gasteiger partial charge in [0, 0.05) is 26.2 Å². The van der Waals surface area contributed by atoms with Gasteiger partial charge in [-0.05, 0) is 67.7 Å². The minimum Gasteiger partial charge on any atom is -0.323 e. The molecular weight excluding hydrogens is 440 g/mol. The molecule has 1 spiro atoms. The molecule has 4 aliphatic rings. The Morgan fingerprint density at radius 1 is 1.00 bits per heavy atom. The molecule has 1 aromatic carbocycles. The molecule has 1 N–H and O–H groups in total. The molecule has 0 unspecified atom stereocenters. The molecule has 8 nitrogen and oxygen atoms in total. The number of imide groups is 1. The second-order valence-electron chi connectivity index (χ2n) is 10.1. The zero-order valence-corrected chi connectivity index (χ0v) is 20.2. The van der Waals surface area contributed by atoms with Gasteiger partial charge in [0.2, 0.25) is 10.0 Å². The highest BCUT2D eigenvalue weighted by atomic mass is 32.2. The van der Waals surface area contributed by atoms with Gasteiger partial charge in [-0.1, -0.05) is 25.8 Å². The standard InChI is InChI=1S/C24H34N4O4S/c1-18-6-4-5-11-24(18)22(29)28(23(30)25-24)17-26-12-14-27(15-13-26)33(31,32)21-10-9-19-7-2-3-8-20(19)16-21/h9-10,16,18H,2-8,11-15,17H2,1H3,(H,25,30)/t18-,24-/m0/s1. The smallest absolute Gasteiger partial charge is 0.323 e. The number of rotatable bonds is 4. The molecule has 9 heteroatoms. The van der Waals surface area contributed by atoms with Crippen LogP contribution in [0.1, 0.15) is 56.6 Å². The van der Waals surface area contributed by atoms with Crippen LogP contribution < -0.4 is 5.32 Å². The highest BCUT2D eigenvalue weighted by Crippen LogP contribution is 2.38. The Morgan fingerprint density at radius 3 is 2.45 bits per heavy atom. The lowest BCUT2D eigenvalue weighted by atomic mass is 9.73. The summed E-state index contributed by atoms with van der Waals surface area (Å²) >= 11 is 0. The van der Waals surface area contributed by atoms with Gasteiger partial charge in [-0.15, -0.1) is 0 Å². The van der Waals surface area contributed by atoms with Gasteiger partial charge in [0.1, 0.15) is 5.54 Å². The topological polar surface area (TPSA) is 90.0 Å². The molecular formula is C24H34N4O4S. The number of benzene rings is 1. The monoisotopic (exact) mass is 474 g/mol. The van der Waals surface area contributed by atoms with E-state index in [0.717, 1.165) is 44.1 Å². The van der Waals surface area contributed by atoms with Crippen molar-refractivity contribution in [3.05, 3.63) is 29.3 Å². The molecule has 0 bridgehead atoms. The van der Waals surface area contributed by atoms with Crippen molar-refractivity contribution in [1.82, 2.24) is 19.4 Å². The number of nitrogens with zero attached hydrogens (tertiary/aromatic N) is 3. The highest BCUT2D eigenvalue weighted by Gasteiger charge is 2.55. The molecule has 2 aliphatic carbocycles. The Bertz CT molecular complexity index is 1050. The Morgan fingerprint density at radius 2 is 1.73 bits per heavy atom.